The fraction of sp³-hybridized carbons (Fsp3) is 0.267. The van der Waals surface area contributed by atoms with Crippen LogP contribution in [0, 0.1) is 0 Å². The van der Waals surface area contributed by atoms with Gasteiger partial charge in [0, 0.05) is 29.9 Å². The maximum atomic E-state index is 13.0. The molecule has 1 aliphatic rings. The predicted octanol–water partition coefficient (Wildman–Crippen LogP) is 4.09. The Kier molecular flexibility index (Phi) is 2.92. The first-order chi connectivity index (χ1) is 9.45. The summed E-state index contributed by atoms with van der Waals surface area (Å²) in [5.74, 6) is 0.540. The minimum Gasteiger partial charge on any atom is -0.489 e. The fourth-order valence-corrected chi connectivity index (χ4v) is 2.43. The molecule has 1 atom stereocenters. The van der Waals surface area contributed by atoms with Crippen LogP contribution in [0.25, 0.3) is 11.1 Å². The van der Waals surface area contributed by atoms with Crippen LogP contribution in [0.1, 0.15) is 18.1 Å². The molecule has 2 nitrogen and oxygen atoms in total. The van der Waals surface area contributed by atoms with Crippen LogP contribution in [0.2, 0.25) is 0 Å². The molecule has 0 spiro atoms. The Labute approximate surface area is 114 Å². The van der Waals surface area contributed by atoms with Gasteiger partial charge >= 0.3 is 6.18 Å². The first-order valence-corrected chi connectivity index (χ1v) is 6.26. The van der Waals surface area contributed by atoms with Gasteiger partial charge in [0.15, 0.2) is 0 Å². The van der Waals surface area contributed by atoms with Crippen LogP contribution >= 0.6 is 0 Å². The second-order valence-electron chi connectivity index (χ2n) is 4.88. The molecule has 104 valence electrons. The summed E-state index contributed by atoms with van der Waals surface area (Å²) in [6.07, 6.45) is -0.850. The van der Waals surface area contributed by atoms with Crippen molar-refractivity contribution in [3.05, 3.63) is 47.8 Å². The van der Waals surface area contributed by atoms with E-state index < -0.39 is 11.7 Å². The normalized spacial score (nSPS) is 17.7. The average molecular weight is 279 g/mol. The van der Waals surface area contributed by atoms with Crippen molar-refractivity contribution in [2.75, 3.05) is 0 Å². The van der Waals surface area contributed by atoms with E-state index in [1.54, 1.807) is 24.5 Å². The lowest BCUT2D eigenvalue weighted by Gasteiger charge is -2.13. The van der Waals surface area contributed by atoms with Crippen LogP contribution in [-0.2, 0) is 12.6 Å². The first kappa shape index (κ1) is 13.0. The maximum absolute atomic E-state index is 13.0. The molecule has 5 heteroatoms. The Morgan fingerprint density at radius 2 is 2.10 bits per heavy atom. The SMILES string of the molecule is CC1Cc2cc(C(F)(F)F)cc(-c3cccnc3)c2O1. The standard InChI is InChI=1S/C15H12F3NO/c1-9-5-11-6-12(15(16,17)18)7-13(14(11)20-9)10-3-2-4-19-8-10/h2-4,6-9H,5H2,1H3. The second-order valence-corrected chi connectivity index (χ2v) is 4.88. The van der Waals surface area contributed by atoms with Gasteiger partial charge in [-0.1, -0.05) is 6.07 Å². The lowest BCUT2D eigenvalue weighted by molar-refractivity contribution is -0.137. The number of ether oxygens (including phenoxy) is 1. The van der Waals surface area contributed by atoms with E-state index in [4.69, 9.17) is 4.74 Å². The van der Waals surface area contributed by atoms with Crippen LogP contribution in [0.5, 0.6) is 5.75 Å². The van der Waals surface area contributed by atoms with E-state index in [1.807, 2.05) is 6.92 Å². The van der Waals surface area contributed by atoms with Crippen molar-refractivity contribution in [2.45, 2.75) is 25.6 Å². The van der Waals surface area contributed by atoms with Gasteiger partial charge in [-0.25, -0.2) is 0 Å². The van der Waals surface area contributed by atoms with Crippen LogP contribution in [0.3, 0.4) is 0 Å². The Morgan fingerprint density at radius 1 is 1.30 bits per heavy atom. The summed E-state index contributed by atoms with van der Waals surface area (Å²) in [6, 6.07) is 5.74. The number of nitrogens with zero attached hydrogens (tertiary/aromatic N) is 1. The summed E-state index contributed by atoms with van der Waals surface area (Å²) >= 11 is 0. The summed E-state index contributed by atoms with van der Waals surface area (Å²) in [5.41, 5.74) is 1.04. The number of pyridine rings is 1. The molecule has 0 saturated carbocycles. The third-order valence-corrected chi connectivity index (χ3v) is 3.29. The number of fused-ring (bicyclic) bond motifs is 1. The van der Waals surface area contributed by atoms with E-state index in [1.165, 1.54) is 6.07 Å². The number of aromatic nitrogens is 1. The van der Waals surface area contributed by atoms with Gasteiger partial charge in [-0.05, 0) is 30.7 Å². The first-order valence-electron chi connectivity index (χ1n) is 6.26. The van der Waals surface area contributed by atoms with Crippen molar-refractivity contribution in [2.24, 2.45) is 0 Å². The summed E-state index contributed by atoms with van der Waals surface area (Å²) in [5, 5.41) is 0. The number of rotatable bonds is 1. The second kappa shape index (κ2) is 4.51. The molecule has 0 radical (unpaired) electrons. The zero-order valence-corrected chi connectivity index (χ0v) is 10.7. The minimum atomic E-state index is -4.36. The zero-order chi connectivity index (χ0) is 14.3. The lowest BCUT2D eigenvalue weighted by Crippen LogP contribution is -2.05. The molecule has 0 amide bonds. The number of halogens is 3. The minimum absolute atomic E-state index is 0.107. The van der Waals surface area contributed by atoms with E-state index in [9.17, 15) is 13.2 Å². The third kappa shape index (κ3) is 2.24. The monoisotopic (exact) mass is 279 g/mol. The molecule has 3 rings (SSSR count). The van der Waals surface area contributed by atoms with Crippen molar-refractivity contribution < 1.29 is 17.9 Å². The van der Waals surface area contributed by atoms with E-state index in [2.05, 4.69) is 4.98 Å². The number of hydrogen-bond acceptors (Lipinski definition) is 2. The van der Waals surface area contributed by atoms with Gasteiger partial charge in [0.1, 0.15) is 11.9 Å². The summed E-state index contributed by atoms with van der Waals surface area (Å²) in [7, 11) is 0. The number of hydrogen-bond donors (Lipinski definition) is 0. The van der Waals surface area contributed by atoms with E-state index in [0.717, 1.165) is 6.07 Å². The predicted molar refractivity (Wildman–Crippen MR) is 68.5 cm³/mol. The smallest absolute Gasteiger partial charge is 0.416 e. The summed E-state index contributed by atoms with van der Waals surface area (Å²) in [6.45, 7) is 1.85. The number of alkyl halides is 3. The van der Waals surface area contributed by atoms with Crippen molar-refractivity contribution in [3.63, 3.8) is 0 Å². The van der Waals surface area contributed by atoms with Gasteiger partial charge in [-0.2, -0.15) is 13.2 Å². The van der Waals surface area contributed by atoms with E-state index in [0.29, 0.717) is 28.9 Å². The van der Waals surface area contributed by atoms with Crippen LogP contribution in [-0.4, -0.2) is 11.1 Å². The molecule has 20 heavy (non-hydrogen) atoms. The Balaban J connectivity index is 2.21. The van der Waals surface area contributed by atoms with E-state index in [-0.39, 0.29) is 6.10 Å². The summed E-state index contributed by atoms with van der Waals surface area (Å²) < 4.78 is 44.6. The van der Waals surface area contributed by atoms with Gasteiger partial charge in [-0.3, -0.25) is 4.98 Å². The van der Waals surface area contributed by atoms with Crippen LogP contribution in [0.4, 0.5) is 13.2 Å². The van der Waals surface area contributed by atoms with Gasteiger partial charge < -0.3 is 4.74 Å². The maximum Gasteiger partial charge on any atom is 0.416 e. The highest BCUT2D eigenvalue weighted by Gasteiger charge is 2.34. The largest absolute Gasteiger partial charge is 0.489 e. The molecule has 2 aromatic rings. The van der Waals surface area contributed by atoms with Gasteiger partial charge in [0.05, 0.1) is 5.56 Å². The lowest BCUT2D eigenvalue weighted by atomic mass is 9.98. The van der Waals surface area contributed by atoms with Crippen LogP contribution < -0.4 is 4.74 Å². The Morgan fingerprint density at radius 3 is 2.75 bits per heavy atom. The van der Waals surface area contributed by atoms with Gasteiger partial charge in [-0.15, -0.1) is 0 Å². The van der Waals surface area contributed by atoms with Crippen molar-refractivity contribution in [1.29, 1.82) is 0 Å². The molecular formula is C15H12F3NO. The van der Waals surface area contributed by atoms with E-state index >= 15 is 0 Å². The topological polar surface area (TPSA) is 22.1 Å². The third-order valence-electron chi connectivity index (χ3n) is 3.29. The zero-order valence-electron chi connectivity index (χ0n) is 10.7. The molecular weight excluding hydrogens is 267 g/mol. The highest BCUT2D eigenvalue weighted by Crippen LogP contribution is 2.43. The summed E-state index contributed by atoms with van der Waals surface area (Å²) in [4.78, 5) is 3.96. The molecule has 0 N–H and O–H groups in total. The Hall–Kier alpha value is -2.04. The molecule has 0 saturated heterocycles. The highest BCUT2D eigenvalue weighted by atomic mass is 19.4. The fourth-order valence-electron chi connectivity index (χ4n) is 2.43. The number of benzene rings is 1. The van der Waals surface area contributed by atoms with Crippen molar-refractivity contribution in [3.8, 4) is 16.9 Å². The quantitative estimate of drug-likeness (QED) is 0.784. The molecule has 0 fully saturated rings. The molecule has 1 unspecified atom stereocenters. The van der Waals surface area contributed by atoms with Crippen LogP contribution in [0.15, 0.2) is 36.7 Å². The molecule has 2 heterocycles. The van der Waals surface area contributed by atoms with Crippen molar-refractivity contribution in [1.82, 2.24) is 4.98 Å². The van der Waals surface area contributed by atoms with Gasteiger partial charge in [0.2, 0.25) is 0 Å². The molecule has 0 aliphatic carbocycles. The van der Waals surface area contributed by atoms with Gasteiger partial charge in [0.25, 0.3) is 0 Å². The van der Waals surface area contributed by atoms with Crippen molar-refractivity contribution >= 4 is 0 Å². The average Bonchev–Trinajstić information content (AvgIpc) is 2.77. The molecule has 1 aliphatic heterocycles. The molecule has 1 aromatic heterocycles. The molecule has 1 aromatic carbocycles. The highest BCUT2D eigenvalue weighted by molar-refractivity contribution is 5.73. The Bertz CT molecular complexity index is 638. The molecule has 0 bridgehead atoms.